The highest BCUT2D eigenvalue weighted by Crippen LogP contribution is 2.41. The van der Waals surface area contributed by atoms with E-state index in [0.717, 1.165) is 62.0 Å². The van der Waals surface area contributed by atoms with Crippen LogP contribution in [0.1, 0.15) is 52.7 Å². The lowest BCUT2D eigenvalue weighted by Crippen LogP contribution is -2.17. The van der Waals surface area contributed by atoms with Gasteiger partial charge in [-0.05, 0) is 82.6 Å². The van der Waals surface area contributed by atoms with E-state index in [1.165, 1.54) is 11.1 Å². The van der Waals surface area contributed by atoms with Gasteiger partial charge in [-0.3, -0.25) is 0 Å². The van der Waals surface area contributed by atoms with Crippen LogP contribution in [0.25, 0.3) is 33.5 Å². The van der Waals surface area contributed by atoms with Crippen LogP contribution in [0.5, 0.6) is 0 Å². The van der Waals surface area contributed by atoms with Crippen LogP contribution in [-0.4, -0.2) is 17.0 Å². The van der Waals surface area contributed by atoms with Gasteiger partial charge < -0.3 is 9.80 Å². The lowest BCUT2D eigenvalue weighted by molar-refractivity contribution is 0.583. The number of rotatable bonds is 7. The molecule has 0 amide bonds. The number of hydrogen-bond acceptors (Lipinski definition) is 4. The Morgan fingerprint density at radius 2 is 0.706 bits per heavy atom. The molecule has 4 nitrogen and oxygen atoms in total. The molecule has 6 aromatic carbocycles. The van der Waals surface area contributed by atoms with Gasteiger partial charge in [0.05, 0.1) is 22.4 Å². The maximum absolute atomic E-state index is 5.52. The van der Waals surface area contributed by atoms with E-state index in [2.05, 4.69) is 204 Å². The third kappa shape index (κ3) is 6.87. The number of anilines is 5. The smallest absolute Gasteiger partial charge is 0.0973 e. The number of fused-ring (bicyclic) bond motifs is 1. The standard InChI is InChI=1S/C47H46N4/c1-46(2,3)40-31-32-41(47(4,5)6)45-44(40)48-42(33-17-11-8-12-18-33)43(49-45)34-23-25-38(26-24-34)51(37-21-15-10-16-22-37)39-29-27-36(28-30-39)50(7)35-19-13-9-14-20-35/h8-32H,1-7H3. The SMILES string of the molecule is CN(c1ccccc1)c1ccc(N(c2ccccc2)c2ccc(-c3nc4c(C(C)(C)C)ccc(C(C)(C)C)c4nc3-c3ccccc3)cc2)cc1. The van der Waals surface area contributed by atoms with Crippen LogP contribution in [0.4, 0.5) is 28.4 Å². The molecule has 0 fully saturated rings. The van der Waals surface area contributed by atoms with Gasteiger partial charge in [0.25, 0.3) is 0 Å². The van der Waals surface area contributed by atoms with E-state index >= 15 is 0 Å². The summed E-state index contributed by atoms with van der Waals surface area (Å²) < 4.78 is 0. The minimum atomic E-state index is -0.0969. The van der Waals surface area contributed by atoms with Gasteiger partial charge in [0.1, 0.15) is 0 Å². The quantitative estimate of drug-likeness (QED) is 0.169. The van der Waals surface area contributed by atoms with E-state index in [4.69, 9.17) is 9.97 Å². The summed E-state index contributed by atoms with van der Waals surface area (Å²) in [5, 5.41) is 0. The molecule has 0 bridgehead atoms. The molecule has 0 aliphatic carbocycles. The van der Waals surface area contributed by atoms with Gasteiger partial charge in [-0.1, -0.05) is 133 Å². The highest BCUT2D eigenvalue weighted by Gasteiger charge is 2.26. The van der Waals surface area contributed by atoms with Crippen LogP contribution in [0.15, 0.2) is 152 Å². The largest absolute Gasteiger partial charge is 0.345 e. The molecule has 0 saturated heterocycles. The van der Waals surface area contributed by atoms with Gasteiger partial charge in [0.15, 0.2) is 0 Å². The summed E-state index contributed by atoms with van der Waals surface area (Å²) in [7, 11) is 2.10. The molecule has 7 rings (SSSR count). The van der Waals surface area contributed by atoms with Gasteiger partial charge in [-0.2, -0.15) is 0 Å². The Kier molecular flexibility index (Phi) is 8.95. The molecule has 0 atom stereocenters. The molecule has 0 aliphatic rings. The molecule has 1 aromatic heterocycles. The summed E-state index contributed by atoms with van der Waals surface area (Å²) >= 11 is 0. The first-order valence-corrected chi connectivity index (χ1v) is 17.7. The van der Waals surface area contributed by atoms with Gasteiger partial charge in [0, 0.05) is 46.6 Å². The fourth-order valence-electron chi connectivity index (χ4n) is 6.76. The molecule has 0 radical (unpaired) electrons. The summed E-state index contributed by atoms with van der Waals surface area (Å²) in [6.45, 7) is 13.5. The predicted molar refractivity (Wildman–Crippen MR) is 217 cm³/mol. The van der Waals surface area contributed by atoms with E-state index in [1.54, 1.807) is 0 Å². The maximum Gasteiger partial charge on any atom is 0.0973 e. The third-order valence-corrected chi connectivity index (χ3v) is 9.54. The maximum atomic E-state index is 5.52. The summed E-state index contributed by atoms with van der Waals surface area (Å²) in [5.74, 6) is 0. The zero-order valence-corrected chi connectivity index (χ0v) is 30.7. The Morgan fingerprint density at radius 1 is 0.373 bits per heavy atom. The first-order chi connectivity index (χ1) is 24.5. The van der Waals surface area contributed by atoms with Crippen molar-refractivity contribution in [2.45, 2.75) is 52.4 Å². The van der Waals surface area contributed by atoms with Crippen LogP contribution in [-0.2, 0) is 10.8 Å². The van der Waals surface area contributed by atoms with Gasteiger partial charge >= 0.3 is 0 Å². The fourth-order valence-corrected chi connectivity index (χ4v) is 6.76. The van der Waals surface area contributed by atoms with Crippen molar-refractivity contribution in [3.63, 3.8) is 0 Å². The number of nitrogens with zero attached hydrogens (tertiary/aromatic N) is 4. The Balaban J connectivity index is 1.35. The Labute approximate surface area is 303 Å². The molecule has 0 N–H and O–H groups in total. The van der Waals surface area contributed by atoms with Crippen molar-refractivity contribution in [3.8, 4) is 22.5 Å². The fraction of sp³-hybridized carbons (Fsp3) is 0.191. The van der Waals surface area contributed by atoms with Crippen LogP contribution < -0.4 is 9.80 Å². The van der Waals surface area contributed by atoms with Crippen LogP contribution in [0.2, 0.25) is 0 Å². The van der Waals surface area contributed by atoms with Crippen molar-refractivity contribution in [2.24, 2.45) is 0 Å². The average molecular weight is 667 g/mol. The molecular formula is C47H46N4. The molecule has 0 saturated carbocycles. The highest BCUT2D eigenvalue weighted by molar-refractivity contribution is 5.91. The predicted octanol–water partition coefficient (Wildman–Crippen LogP) is 12.8. The van der Waals surface area contributed by atoms with Crippen LogP contribution in [0, 0.1) is 0 Å². The van der Waals surface area contributed by atoms with Crippen LogP contribution in [0.3, 0.4) is 0 Å². The van der Waals surface area contributed by atoms with Gasteiger partial charge in [-0.15, -0.1) is 0 Å². The number of hydrogen-bond donors (Lipinski definition) is 0. The zero-order valence-electron chi connectivity index (χ0n) is 30.7. The van der Waals surface area contributed by atoms with E-state index in [1.807, 2.05) is 6.07 Å². The molecule has 0 aliphatic heterocycles. The van der Waals surface area contributed by atoms with Gasteiger partial charge in [0.2, 0.25) is 0 Å². The summed E-state index contributed by atoms with van der Waals surface area (Å²) in [6, 6.07) is 53.5. The minimum absolute atomic E-state index is 0.0868. The Hall–Kier alpha value is -5.74. The Bertz CT molecular complexity index is 2250. The second-order valence-electron chi connectivity index (χ2n) is 15.3. The first-order valence-electron chi connectivity index (χ1n) is 17.7. The second-order valence-corrected chi connectivity index (χ2v) is 15.3. The van der Waals surface area contributed by atoms with E-state index in [-0.39, 0.29) is 10.8 Å². The molecule has 4 heteroatoms. The average Bonchev–Trinajstić information content (AvgIpc) is 3.14. The van der Waals surface area contributed by atoms with Crippen LogP contribution >= 0.6 is 0 Å². The second kappa shape index (κ2) is 13.5. The van der Waals surface area contributed by atoms with Gasteiger partial charge in [-0.25, -0.2) is 9.97 Å². The zero-order chi connectivity index (χ0) is 35.8. The topological polar surface area (TPSA) is 32.3 Å². The lowest BCUT2D eigenvalue weighted by Gasteiger charge is -2.27. The summed E-state index contributed by atoms with van der Waals surface area (Å²) in [4.78, 5) is 15.5. The number of aromatic nitrogens is 2. The van der Waals surface area contributed by atoms with Crippen molar-refractivity contribution in [1.29, 1.82) is 0 Å². The normalized spacial score (nSPS) is 11.8. The Morgan fingerprint density at radius 3 is 1.16 bits per heavy atom. The van der Waals surface area contributed by atoms with Crippen molar-refractivity contribution < 1.29 is 0 Å². The first kappa shape index (κ1) is 33.7. The molecule has 254 valence electrons. The molecule has 1 heterocycles. The summed E-state index contributed by atoms with van der Waals surface area (Å²) in [5.41, 5.74) is 13.5. The van der Waals surface area contributed by atoms with E-state index in [9.17, 15) is 0 Å². The monoisotopic (exact) mass is 666 g/mol. The summed E-state index contributed by atoms with van der Waals surface area (Å²) in [6.07, 6.45) is 0. The van der Waals surface area contributed by atoms with Crippen molar-refractivity contribution in [2.75, 3.05) is 16.8 Å². The van der Waals surface area contributed by atoms with E-state index < -0.39 is 0 Å². The van der Waals surface area contributed by atoms with E-state index in [0.29, 0.717) is 0 Å². The van der Waals surface area contributed by atoms with Crippen molar-refractivity contribution in [1.82, 2.24) is 9.97 Å². The highest BCUT2D eigenvalue weighted by atomic mass is 15.1. The lowest BCUT2D eigenvalue weighted by atomic mass is 9.80. The van der Waals surface area contributed by atoms with Crippen molar-refractivity contribution in [3.05, 3.63) is 163 Å². The molecular weight excluding hydrogens is 621 g/mol. The minimum Gasteiger partial charge on any atom is -0.345 e. The van der Waals surface area contributed by atoms with Crippen molar-refractivity contribution >= 4 is 39.5 Å². The molecule has 51 heavy (non-hydrogen) atoms. The third-order valence-electron chi connectivity index (χ3n) is 9.54. The number of para-hydroxylation sites is 2. The molecule has 7 aromatic rings. The number of benzene rings is 6. The molecule has 0 spiro atoms. The molecule has 0 unspecified atom stereocenters.